The van der Waals surface area contributed by atoms with Crippen molar-refractivity contribution in [2.45, 2.75) is 58.8 Å². The van der Waals surface area contributed by atoms with Gasteiger partial charge in [-0.05, 0) is 49.2 Å². The third-order valence-electron chi connectivity index (χ3n) is 5.05. The number of carbonyl (C=O) groups is 2. The maximum atomic E-state index is 12.3. The molecule has 2 rings (SSSR count). The van der Waals surface area contributed by atoms with E-state index in [9.17, 15) is 9.59 Å². The minimum absolute atomic E-state index is 0.0962. The Bertz CT molecular complexity index is 821. The first-order valence-electron chi connectivity index (χ1n) is 11.8. The predicted molar refractivity (Wildman–Crippen MR) is 131 cm³/mol. The van der Waals surface area contributed by atoms with Crippen molar-refractivity contribution in [3.8, 4) is 5.75 Å². The van der Waals surface area contributed by atoms with E-state index in [2.05, 4.69) is 29.8 Å². The molecular weight excluding hydrogens is 402 g/mol. The summed E-state index contributed by atoms with van der Waals surface area (Å²) in [5.74, 6) is 0.548. The normalized spacial score (nSPS) is 10.4. The van der Waals surface area contributed by atoms with Crippen LogP contribution in [0.4, 0.5) is 11.4 Å². The number of hydrogen-bond acceptors (Lipinski definition) is 4. The van der Waals surface area contributed by atoms with Gasteiger partial charge in [0.25, 0.3) is 5.91 Å². The lowest BCUT2D eigenvalue weighted by molar-refractivity contribution is -0.114. The molecule has 0 radical (unpaired) electrons. The molecule has 6 nitrogen and oxygen atoms in total. The predicted octanol–water partition coefficient (Wildman–Crippen LogP) is 5.62. The summed E-state index contributed by atoms with van der Waals surface area (Å²) in [4.78, 5) is 24.3. The van der Waals surface area contributed by atoms with E-state index >= 15 is 0 Å². The first-order valence-corrected chi connectivity index (χ1v) is 11.8. The first-order chi connectivity index (χ1) is 15.6. The molecule has 3 N–H and O–H groups in total. The van der Waals surface area contributed by atoms with E-state index in [-0.39, 0.29) is 18.4 Å². The highest BCUT2D eigenvalue weighted by Gasteiger charge is 2.07. The number of amides is 2. The molecule has 2 aromatic carbocycles. The summed E-state index contributed by atoms with van der Waals surface area (Å²) in [6.45, 7) is 5.81. The molecule has 2 aromatic rings. The topological polar surface area (TPSA) is 79.5 Å². The summed E-state index contributed by atoms with van der Waals surface area (Å²) in [7, 11) is 0. The Hall–Kier alpha value is -3.02. The number of unbranched alkanes of at least 4 members (excludes halogenated alkanes) is 5. The van der Waals surface area contributed by atoms with E-state index in [1.165, 1.54) is 25.7 Å². The molecule has 0 saturated carbocycles. The van der Waals surface area contributed by atoms with E-state index in [1.54, 1.807) is 24.3 Å². The molecule has 0 spiro atoms. The van der Waals surface area contributed by atoms with Crippen LogP contribution in [0.3, 0.4) is 0 Å². The van der Waals surface area contributed by atoms with E-state index in [1.807, 2.05) is 24.3 Å². The van der Waals surface area contributed by atoms with Gasteiger partial charge < -0.3 is 20.7 Å². The Kier molecular flexibility index (Phi) is 11.7. The molecule has 0 heterocycles. The van der Waals surface area contributed by atoms with Crippen LogP contribution >= 0.6 is 0 Å². The van der Waals surface area contributed by atoms with Crippen LogP contribution in [0, 0.1) is 0 Å². The largest absolute Gasteiger partial charge is 0.494 e. The Morgan fingerprint density at radius 1 is 0.844 bits per heavy atom. The van der Waals surface area contributed by atoms with Crippen molar-refractivity contribution in [3.05, 3.63) is 54.1 Å². The summed E-state index contributed by atoms with van der Waals surface area (Å²) < 4.78 is 5.82. The van der Waals surface area contributed by atoms with Crippen molar-refractivity contribution in [1.29, 1.82) is 0 Å². The molecule has 0 saturated heterocycles. The van der Waals surface area contributed by atoms with Crippen molar-refractivity contribution in [2.75, 3.05) is 30.3 Å². The number of anilines is 2. The van der Waals surface area contributed by atoms with Gasteiger partial charge in [-0.25, -0.2) is 0 Å². The van der Waals surface area contributed by atoms with Gasteiger partial charge in [-0.1, -0.05) is 52.0 Å². The lowest BCUT2D eigenvalue weighted by atomic mass is 10.2. The Labute approximate surface area is 192 Å². The quantitative estimate of drug-likeness (QED) is 0.315. The van der Waals surface area contributed by atoms with Crippen molar-refractivity contribution in [2.24, 2.45) is 0 Å². The lowest BCUT2D eigenvalue weighted by Crippen LogP contribution is -2.24. The first kappa shape index (κ1) is 25.2. The minimum Gasteiger partial charge on any atom is -0.494 e. The number of rotatable bonds is 15. The molecule has 0 atom stereocenters. The number of benzene rings is 2. The molecule has 0 bridgehead atoms. The standard InChI is InChI=1S/C26H37N3O3/c1-3-5-7-8-9-18-32-24-12-10-11-23(19-24)28-20-25(30)29-22-15-13-21(14-16-22)26(31)27-17-6-4-2/h10-16,19,28H,3-9,17-18,20H2,1-2H3,(H,27,31)(H,29,30). The number of carbonyl (C=O) groups excluding carboxylic acids is 2. The second-order valence-electron chi connectivity index (χ2n) is 7.88. The number of ether oxygens (including phenoxy) is 1. The lowest BCUT2D eigenvalue weighted by Gasteiger charge is -2.11. The van der Waals surface area contributed by atoms with Gasteiger partial charge in [-0.3, -0.25) is 9.59 Å². The fraction of sp³-hybridized carbons (Fsp3) is 0.462. The summed E-state index contributed by atoms with van der Waals surface area (Å²) in [6.07, 6.45) is 8.02. The molecular formula is C26H37N3O3. The van der Waals surface area contributed by atoms with Crippen LogP contribution in [0.15, 0.2) is 48.5 Å². The zero-order valence-corrected chi connectivity index (χ0v) is 19.4. The van der Waals surface area contributed by atoms with E-state index < -0.39 is 0 Å². The highest BCUT2D eigenvalue weighted by molar-refractivity contribution is 5.96. The molecule has 32 heavy (non-hydrogen) atoms. The van der Waals surface area contributed by atoms with Gasteiger partial charge in [0.1, 0.15) is 5.75 Å². The van der Waals surface area contributed by atoms with Gasteiger partial charge in [0.2, 0.25) is 5.91 Å². The highest BCUT2D eigenvalue weighted by atomic mass is 16.5. The van der Waals surface area contributed by atoms with Gasteiger partial charge >= 0.3 is 0 Å². The van der Waals surface area contributed by atoms with Crippen molar-refractivity contribution in [3.63, 3.8) is 0 Å². The minimum atomic E-state index is -0.160. The van der Waals surface area contributed by atoms with Gasteiger partial charge in [0.05, 0.1) is 13.2 Å². The van der Waals surface area contributed by atoms with Crippen LogP contribution in [0.25, 0.3) is 0 Å². The molecule has 0 aliphatic rings. The fourth-order valence-electron chi connectivity index (χ4n) is 3.16. The summed E-state index contributed by atoms with van der Waals surface area (Å²) in [5, 5.41) is 8.85. The molecule has 174 valence electrons. The van der Waals surface area contributed by atoms with Crippen LogP contribution in [-0.4, -0.2) is 31.5 Å². The molecule has 6 heteroatoms. The maximum absolute atomic E-state index is 12.3. The van der Waals surface area contributed by atoms with Crippen LogP contribution < -0.4 is 20.7 Å². The average Bonchev–Trinajstić information content (AvgIpc) is 2.81. The van der Waals surface area contributed by atoms with Gasteiger partial charge in [0, 0.05) is 29.5 Å². The van der Waals surface area contributed by atoms with E-state index in [4.69, 9.17) is 4.74 Å². The van der Waals surface area contributed by atoms with Gasteiger partial charge in [0.15, 0.2) is 0 Å². The van der Waals surface area contributed by atoms with E-state index in [0.29, 0.717) is 24.4 Å². The highest BCUT2D eigenvalue weighted by Crippen LogP contribution is 2.18. The Morgan fingerprint density at radius 3 is 2.34 bits per heavy atom. The smallest absolute Gasteiger partial charge is 0.251 e. The second kappa shape index (κ2) is 14.9. The van der Waals surface area contributed by atoms with Crippen molar-refractivity contribution in [1.82, 2.24) is 5.32 Å². The average molecular weight is 440 g/mol. The van der Waals surface area contributed by atoms with Crippen LogP contribution in [0.5, 0.6) is 5.75 Å². The summed E-state index contributed by atoms with van der Waals surface area (Å²) >= 11 is 0. The summed E-state index contributed by atoms with van der Waals surface area (Å²) in [6, 6.07) is 14.6. The summed E-state index contributed by atoms with van der Waals surface area (Å²) in [5.41, 5.74) is 2.07. The molecule has 0 aliphatic carbocycles. The monoisotopic (exact) mass is 439 g/mol. The van der Waals surface area contributed by atoms with Crippen molar-refractivity contribution < 1.29 is 14.3 Å². The van der Waals surface area contributed by atoms with Crippen LogP contribution in [-0.2, 0) is 4.79 Å². The zero-order chi connectivity index (χ0) is 23.0. The maximum Gasteiger partial charge on any atom is 0.251 e. The van der Waals surface area contributed by atoms with E-state index in [0.717, 1.165) is 30.7 Å². The second-order valence-corrected chi connectivity index (χ2v) is 7.88. The molecule has 0 fully saturated rings. The molecule has 0 aromatic heterocycles. The SMILES string of the molecule is CCCCCCCOc1cccc(NCC(=O)Nc2ccc(C(=O)NCCCC)cc2)c1. The Morgan fingerprint density at radius 2 is 1.59 bits per heavy atom. The van der Waals surface area contributed by atoms with Crippen LogP contribution in [0.2, 0.25) is 0 Å². The number of hydrogen-bond donors (Lipinski definition) is 3. The zero-order valence-electron chi connectivity index (χ0n) is 19.4. The molecule has 0 aliphatic heterocycles. The third-order valence-corrected chi connectivity index (χ3v) is 5.05. The molecule has 0 unspecified atom stereocenters. The fourth-order valence-corrected chi connectivity index (χ4v) is 3.16. The number of nitrogens with one attached hydrogen (secondary N) is 3. The molecule has 2 amide bonds. The van der Waals surface area contributed by atoms with Gasteiger partial charge in [-0.2, -0.15) is 0 Å². The third kappa shape index (κ3) is 9.86. The van der Waals surface area contributed by atoms with Crippen LogP contribution in [0.1, 0.15) is 69.2 Å². The Balaban J connectivity index is 1.73. The van der Waals surface area contributed by atoms with Crippen molar-refractivity contribution >= 4 is 23.2 Å². The van der Waals surface area contributed by atoms with Gasteiger partial charge in [-0.15, -0.1) is 0 Å².